The quantitative estimate of drug-likeness (QED) is 0.675. The average Bonchev–Trinajstić information content (AvgIpc) is 2.63. The van der Waals surface area contributed by atoms with Crippen LogP contribution in [-0.4, -0.2) is 34.2 Å². The van der Waals surface area contributed by atoms with Gasteiger partial charge in [0.15, 0.2) is 0 Å². The van der Waals surface area contributed by atoms with E-state index < -0.39 is 15.9 Å². The largest absolute Gasteiger partial charge is 0.495 e. The lowest BCUT2D eigenvalue weighted by Crippen LogP contribution is -2.41. The van der Waals surface area contributed by atoms with E-state index in [0.29, 0.717) is 17.9 Å². The third kappa shape index (κ3) is 5.87. The maximum atomic E-state index is 12.7. The molecule has 29 heavy (non-hydrogen) atoms. The summed E-state index contributed by atoms with van der Waals surface area (Å²) in [4.78, 5) is 12.7. The van der Waals surface area contributed by atoms with Gasteiger partial charge in [0.25, 0.3) is 0 Å². The second kappa shape index (κ2) is 9.50. The Hall–Kier alpha value is -2.25. The van der Waals surface area contributed by atoms with E-state index in [2.05, 4.69) is 11.4 Å². The third-order valence-corrected chi connectivity index (χ3v) is 6.09. The minimum Gasteiger partial charge on any atom is -0.495 e. The number of sulfonamides is 1. The monoisotopic (exact) mass is 438 g/mol. The first-order valence-electron chi connectivity index (χ1n) is 9.24. The molecule has 0 radical (unpaired) electrons. The van der Waals surface area contributed by atoms with Gasteiger partial charge in [-0.15, -0.1) is 0 Å². The first-order valence-corrected chi connectivity index (χ1v) is 11.5. The molecule has 2 rings (SSSR count). The van der Waals surface area contributed by atoms with Gasteiger partial charge in [-0.2, -0.15) is 0 Å². The van der Waals surface area contributed by atoms with E-state index in [9.17, 15) is 13.2 Å². The Morgan fingerprint density at radius 2 is 1.90 bits per heavy atom. The number of hydrogen-bond donors (Lipinski definition) is 1. The Balaban J connectivity index is 2.25. The van der Waals surface area contributed by atoms with Crippen LogP contribution in [-0.2, 0) is 14.8 Å². The highest BCUT2D eigenvalue weighted by atomic mass is 35.5. The van der Waals surface area contributed by atoms with Crippen LogP contribution in [0, 0.1) is 13.8 Å². The van der Waals surface area contributed by atoms with Crippen LogP contribution in [0.25, 0.3) is 0 Å². The molecule has 0 aromatic heterocycles. The number of carbonyl (C=O) groups excluding carboxylic acids is 1. The zero-order chi connectivity index (χ0) is 21.8. The van der Waals surface area contributed by atoms with Gasteiger partial charge in [0.2, 0.25) is 15.9 Å². The Labute approximate surface area is 177 Å². The number of benzene rings is 2. The van der Waals surface area contributed by atoms with Crippen molar-refractivity contribution >= 4 is 33.2 Å². The van der Waals surface area contributed by atoms with Crippen molar-refractivity contribution in [3.8, 4) is 5.75 Å². The fourth-order valence-corrected chi connectivity index (χ4v) is 4.30. The molecule has 1 amide bonds. The molecule has 8 heteroatoms. The highest BCUT2D eigenvalue weighted by molar-refractivity contribution is 7.92. The lowest BCUT2D eigenvalue weighted by atomic mass is 9.97. The standard InChI is InChI=1S/C21H27ClN2O4S/c1-6-19(17-9-7-14(2)11-15(17)3)23-21(25)13-24(29(5,26)27)16-8-10-20(28-4)18(22)12-16/h7-12,19H,6,13H2,1-5H3,(H,23,25)/t19-/m1/s1. The van der Waals surface area contributed by atoms with Crippen LogP contribution in [0.4, 0.5) is 5.69 Å². The second-order valence-electron chi connectivity index (χ2n) is 6.98. The highest BCUT2D eigenvalue weighted by Crippen LogP contribution is 2.30. The van der Waals surface area contributed by atoms with E-state index in [1.54, 1.807) is 12.1 Å². The molecule has 2 aromatic rings. The van der Waals surface area contributed by atoms with Crippen LogP contribution in [0.15, 0.2) is 36.4 Å². The van der Waals surface area contributed by atoms with E-state index in [4.69, 9.17) is 16.3 Å². The van der Waals surface area contributed by atoms with Crippen LogP contribution in [0.5, 0.6) is 5.75 Å². The molecule has 0 aliphatic rings. The van der Waals surface area contributed by atoms with E-state index in [0.717, 1.165) is 27.3 Å². The number of anilines is 1. The first kappa shape index (κ1) is 23.0. The SMILES string of the molecule is CC[C@@H](NC(=O)CN(c1ccc(OC)c(Cl)c1)S(C)(=O)=O)c1ccc(C)cc1C. The molecular formula is C21H27ClN2O4S. The number of rotatable bonds is 8. The zero-order valence-electron chi connectivity index (χ0n) is 17.3. The van der Waals surface area contributed by atoms with E-state index in [1.807, 2.05) is 32.9 Å². The Bertz CT molecular complexity index is 992. The Morgan fingerprint density at radius 3 is 2.41 bits per heavy atom. The summed E-state index contributed by atoms with van der Waals surface area (Å²) in [5.74, 6) is 0.0309. The van der Waals surface area contributed by atoms with Crippen molar-refractivity contribution in [2.45, 2.75) is 33.2 Å². The van der Waals surface area contributed by atoms with Gasteiger partial charge in [-0.25, -0.2) is 8.42 Å². The Morgan fingerprint density at radius 1 is 1.21 bits per heavy atom. The zero-order valence-corrected chi connectivity index (χ0v) is 18.9. The fourth-order valence-electron chi connectivity index (χ4n) is 3.20. The maximum absolute atomic E-state index is 12.7. The molecule has 0 unspecified atom stereocenters. The number of nitrogens with one attached hydrogen (secondary N) is 1. The molecule has 0 spiro atoms. The van der Waals surface area contributed by atoms with Crippen LogP contribution in [0.3, 0.4) is 0 Å². The summed E-state index contributed by atoms with van der Waals surface area (Å²) >= 11 is 6.13. The molecule has 0 saturated heterocycles. The summed E-state index contributed by atoms with van der Waals surface area (Å²) in [6, 6.07) is 10.4. The number of nitrogens with zero attached hydrogens (tertiary/aromatic N) is 1. The summed E-state index contributed by atoms with van der Waals surface area (Å²) in [6.07, 6.45) is 1.74. The van der Waals surface area contributed by atoms with Gasteiger partial charge in [-0.3, -0.25) is 9.10 Å². The molecule has 0 heterocycles. The maximum Gasteiger partial charge on any atom is 0.241 e. The van der Waals surface area contributed by atoms with E-state index >= 15 is 0 Å². The second-order valence-corrected chi connectivity index (χ2v) is 9.29. The lowest BCUT2D eigenvalue weighted by Gasteiger charge is -2.25. The molecule has 0 aliphatic heterocycles. The topological polar surface area (TPSA) is 75.7 Å². The van der Waals surface area contributed by atoms with Gasteiger partial charge < -0.3 is 10.1 Å². The molecule has 0 saturated carbocycles. The third-order valence-electron chi connectivity index (χ3n) is 4.66. The smallest absolute Gasteiger partial charge is 0.241 e. The minimum absolute atomic E-state index is 0.205. The summed E-state index contributed by atoms with van der Waals surface area (Å²) in [5.41, 5.74) is 3.55. The predicted octanol–water partition coefficient (Wildman–Crippen LogP) is 4.00. The van der Waals surface area contributed by atoms with Crippen molar-refractivity contribution in [2.24, 2.45) is 0 Å². The molecule has 0 aliphatic carbocycles. The molecular weight excluding hydrogens is 412 g/mol. The fraction of sp³-hybridized carbons (Fsp3) is 0.381. The van der Waals surface area contributed by atoms with Crippen LogP contribution in [0.2, 0.25) is 5.02 Å². The minimum atomic E-state index is -3.70. The van der Waals surface area contributed by atoms with Gasteiger partial charge in [-0.1, -0.05) is 42.3 Å². The molecule has 1 N–H and O–H groups in total. The van der Waals surface area contributed by atoms with E-state index in [-0.39, 0.29) is 17.6 Å². The van der Waals surface area contributed by atoms with Crippen LogP contribution >= 0.6 is 11.6 Å². The van der Waals surface area contributed by atoms with Gasteiger partial charge in [0, 0.05) is 0 Å². The lowest BCUT2D eigenvalue weighted by molar-refractivity contribution is -0.120. The summed E-state index contributed by atoms with van der Waals surface area (Å²) in [6.45, 7) is 5.64. The number of carbonyl (C=O) groups is 1. The van der Waals surface area contributed by atoms with Crippen molar-refractivity contribution in [1.29, 1.82) is 0 Å². The van der Waals surface area contributed by atoms with E-state index in [1.165, 1.54) is 13.2 Å². The average molecular weight is 439 g/mol. The summed E-state index contributed by atoms with van der Waals surface area (Å²) < 4.78 is 30.8. The number of hydrogen-bond acceptors (Lipinski definition) is 4. The van der Waals surface area contributed by atoms with Gasteiger partial charge in [0.1, 0.15) is 12.3 Å². The number of halogens is 1. The number of aryl methyl sites for hydroxylation is 2. The van der Waals surface area contributed by atoms with Crippen molar-refractivity contribution < 1.29 is 17.9 Å². The molecule has 6 nitrogen and oxygen atoms in total. The Kier molecular flexibility index (Phi) is 7.54. The first-order chi connectivity index (χ1) is 13.6. The molecule has 2 aromatic carbocycles. The van der Waals surface area contributed by atoms with Crippen molar-refractivity contribution in [3.63, 3.8) is 0 Å². The summed E-state index contributed by atoms with van der Waals surface area (Å²) in [7, 11) is -2.22. The molecule has 0 fully saturated rings. The predicted molar refractivity (Wildman–Crippen MR) is 117 cm³/mol. The van der Waals surface area contributed by atoms with Gasteiger partial charge in [-0.05, 0) is 49.6 Å². The normalized spacial score (nSPS) is 12.3. The van der Waals surface area contributed by atoms with Gasteiger partial charge >= 0.3 is 0 Å². The number of amides is 1. The van der Waals surface area contributed by atoms with Gasteiger partial charge in [0.05, 0.1) is 30.1 Å². The number of methoxy groups -OCH3 is 1. The van der Waals surface area contributed by atoms with Crippen LogP contribution < -0.4 is 14.4 Å². The molecule has 158 valence electrons. The van der Waals surface area contributed by atoms with Crippen molar-refractivity contribution in [3.05, 3.63) is 58.1 Å². The number of ether oxygens (including phenoxy) is 1. The van der Waals surface area contributed by atoms with Crippen LogP contribution in [0.1, 0.15) is 36.1 Å². The van der Waals surface area contributed by atoms with Crippen molar-refractivity contribution in [1.82, 2.24) is 5.32 Å². The van der Waals surface area contributed by atoms with Crippen molar-refractivity contribution in [2.75, 3.05) is 24.2 Å². The summed E-state index contributed by atoms with van der Waals surface area (Å²) in [5, 5.41) is 3.21. The molecule has 0 bridgehead atoms. The molecule has 1 atom stereocenters. The highest BCUT2D eigenvalue weighted by Gasteiger charge is 2.23.